The van der Waals surface area contributed by atoms with Crippen molar-refractivity contribution in [2.45, 2.75) is 32.1 Å². The standard InChI is InChI=1S/C9H15Cl/c10-8-4-7-9-5-2-1-3-6-9/h4,7,9H,1-3,5-6,8H2/b7-4+. The van der Waals surface area contributed by atoms with Gasteiger partial charge in [0.25, 0.3) is 0 Å². The zero-order valence-electron chi connectivity index (χ0n) is 6.35. The molecule has 0 saturated heterocycles. The van der Waals surface area contributed by atoms with Gasteiger partial charge in [0.1, 0.15) is 0 Å². The molecule has 0 nitrogen and oxygen atoms in total. The molecule has 1 aliphatic carbocycles. The van der Waals surface area contributed by atoms with Crippen LogP contribution >= 0.6 is 11.6 Å². The molecule has 0 N–H and O–H groups in total. The Hall–Kier alpha value is 0.0300. The van der Waals surface area contributed by atoms with Crippen LogP contribution in [-0.4, -0.2) is 5.88 Å². The first-order valence-electron chi connectivity index (χ1n) is 4.16. The number of rotatable bonds is 2. The molecule has 0 aromatic heterocycles. The van der Waals surface area contributed by atoms with Crippen LogP contribution in [-0.2, 0) is 0 Å². The first kappa shape index (κ1) is 8.13. The van der Waals surface area contributed by atoms with Crippen molar-refractivity contribution in [1.29, 1.82) is 0 Å². The maximum Gasteiger partial charge on any atom is 0.0404 e. The van der Waals surface area contributed by atoms with Crippen LogP contribution in [0.5, 0.6) is 0 Å². The lowest BCUT2D eigenvalue weighted by Crippen LogP contribution is -2.02. The van der Waals surface area contributed by atoms with Crippen LogP contribution in [0.3, 0.4) is 0 Å². The van der Waals surface area contributed by atoms with Crippen molar-refractivity contribution < 1.29 is 0 Å². The van der Waals surface area contributed by atoms with Crippen LogP contribution < -0.4 is 0 Å². The monoisotopic (exact) mass is 158 g/mol. The normalized spacial score (nSPS) is 22.1. The van der Waals surface area contributed by atoms with Gasteiger partial charge in [-0.1, -0.05) is 31.4 Å². The molecule has 10 heavy (non-hydrogen) atoms. The largest absolute Gasteiger partial charge is 0.122 e. The van der Waals surface area contributed by atoms with Crippen molar-refractivity contribution >= 4 is 11.6 Å². The van der Waals surface area contributed by atoms with E-state index in [0.717, 1.165) is 5.92 Å². The van der Waals surface area contributed by atoms with Crippen LogP contribution in [0.4, 0.5) is 0 Å². The van der Waals surface area contributed by atoms with Gasteiger partial charge in [0, 0.05) is 5.88 Å². The minimum atomic E-state index is 0.677. The molecule has 0 heterocycles. The van der Waals surface area contributed by atoms with Crippen molar-refractivity contribution in [3.05, 3.63) is 12.2 Å². The third-order valence-electron chi connectivity index (χ3n) is 2.15. The summed E-state index contributed by atoms with van der Waals surface area (Å²) in [5.74, 6) is 1.52. The van der Waals surface area contributed by atoms with E-state index in [1.807, 2.05) is 0 Å². The predicted octanol–water partition coefficient (Wildman–Crippen LogP) is 3.36. The predicted molar refractivity (Wildman–Crippen MR) is 46.4 cm³/mol. The van der Waals surface area contributed by atoms with Crippen molar-refractivity contribution in [2.75, 3.05) is 5.88 Å². The van der Waals surface area contributed by atoms with Gasteiger partial charge in [-0.3, -0.25) is 0 Å². The minimum absolute atomic E-state index is 0.677. The van der Waals surface area contributed by atoms with E-state index in [9.17, 15) is 0 Å². The number of allylic oxidation sites excluding steroid dienone is 2. The zero-order valence-corrected chi connectivity index (χ0v) is 7.11. The molecule has 1 fully saturated rings. The Kier molecular flexibility index (Phi) is 3.89. The summed E-state index contributed by atoms with van der Waals surface area (Å²) < 4.78 is 0. The summed E-state index contributed by atoms with van der Waals surface area (Å²) in [6.45, 7) is 0. The summed E-state index contributed by atoms with van der Waals surface area (Å²) in [5, 5.41) is 0. The van der Waals surface area contributed by atoms with Crippen LogP contribution in [0.15, 0.2) is 12.2 Å². The van der Waals surface area contributed by atoms with E-state index in [0.29, 0.717) is 5.88 Å². The molecule has 0 bridgehead atoms. The van der Waals surface area contributed by atoms with Gasteiger partial charge < -0.3 is 0 Å². The fourth-order valence-electron chi connectivity index (χ4n) is 1.57. The van der Waals surface area contributed by atoms with Gasteiger partial charge in [0.15, 0.2) is 0 Å². The Labute approximate surface area is 68.3 Å². The van der Waals surface area contributed by atoms with Crippen LogP contribution in [0.1, 0.15) is 32.1 Å². The van der Waals surface area contributed by atoms with Crippen molar-refractivity contribution in [3.8, 4) is 0 Å². The molecule has 0 unspecified atom stereocenters. The second kappa shape index (κ2) is 4.79. The fraction of sp³-hybridized carbons (Fsp3) is 0.778. The van der Waals surface area contributed by atoms with Gasteiger partial charge in [-0.15, -0.1) is 11.6 Å². The van der Waals surface area contributed by atoms with Crippen molar-refractivity contribution in [3.63, 3.8) is 0 Å². The van der Waals surface area contributed by atoms with E-state index in [-0.39, 0.29) is 0 Å². The van der Waals surface area contributed by atoms with Gasteiger partial charge in [-0.2, -0.15) is 0 Å². The maximum atomic E-state index is 5.53. The van der Waals surface area contributed by atoms with Gasteiger partial charge in [-0.25, -0.2) is 0 Å². The summed E-state index contributed by atoms with van der Waals surface area (Å²) in [7, 11) is 0. The van der Waals surface area contributed by atoms with Crippen LogP contribution in [0.2, 0.25) is 0 Å². The average Bonchev–Trinajstić information content (AvgIpc) is 2.03. The Balaban J connectivity index is 2.19. The molecule has 0 radical (unpaired) electrons. The molecule has 0 aromatic carbocycles. The zero-order chi connectivity index (χ0) is 7.23. The van der Waals surface area contributed by atoms with Gasteiger partial charge in [-0.05, 0) is 18.8 Å². The molecule has 58 valence electrons. The first-order valence-corrected chi connectivity index (χ1v) is 4.69. The highest BCUT2D eigenvalue weighted by atomic mass is 35.5. The quantitative estimate of drug-likeness (QED) is 0.427. The molecule has 1 saturated carbocycles. The molecule has 1 aliphatic rings. The molecule has 0 spiro atoms. The third kappa shape index (κ3) is 2.74. The number of alkyl halides is 1. The topological polar surface area (TPSA) is 0 Å². The number of hydrogen-bond acceptors (Lipinski definition) is 0. The number of halogens is 1. The third-order valence-corrected chi connectivity index (χ3v) is 2.33. The molecule has 0 aromatic rings. The van der Waals surface area contributed by atoms with E-state index in [2.05, 4.69) is 12.2 Å². The van der Waals surface area contributed by atoms with Crippen molar-refractivity contribution in [1.82, 2.24) is 0 Å². The first-order chi connectivity index (χ1) is 4.93. The fourth-order valence-corrected chi connectivity index (χ4v) is 1.67. The summed E-state index contributed by atoms with van der Waals surface area (Å²) >= 11 is 5.53. The highest BCUT2D eigenvalue weighted by Crippen LogP contribution is 2.24. The Morgan fingerprint density at radius 1 is 1.20 bits per heavy atom. The molecular formula is C9H15Cl. The maximum absolute atomic E-state index is 5.53. The van der Waals surface area contributed by atoms with Gasteiger partial charge >= 0.3 is 0 Å². The van der Waals surface area contributed by atoms with E-state index < -0.39 is 0 Å². The van der Waals surface area contributed by atoms with E-state index >= 15 is 0 Å². The molecule has 1 rings (SSSR count). The second-order valence-electron chi connectivity index (χ2n) is 2.98. The summed E-state index contributed by atoms with van der Waals surface area (Å²) in [6.07, 6.45) is 11.4. The highest BCUT2D eigenvalue weighted by molar-refractivity contribution is 6.18. The molecule has 0 amide bonds. The molecule has 1 heteroatoms. The SMILES string of the molecule is ClC/C=C/C1CCCCC1. The lowest BCUT2D eigenvalue weighted by atomic mass is 9.89. The van der Waals surface area contributed by atoms with Gasteiger partial charge in [0.2, 0.25) is 0 Å². The van der Waals surface area contributed by atoms with E-state index in [4.69, 9.17) is 11.6 Å². The second-order valence-corrected chi connectivity index (χ2v) is 3.29. The summed E-state index contributed by atoms with van der Waals surface area (Å²) in [4.78, 5) is 0. The highest BCUT2D eigenvalue weighted by Gasteiger charge is 2.08. The lowest BCUT2D eigenvalue weighted by molar-refractivity contribution is 0.419. The molecule has 0 atom stereocenters. The summed E-state index contributed by atoms with van der Waals surface area (Å²) in [5.41, 5.74) is 0. The molecule has 0 aliphatic heterocycles. The van der Waals surface area contributed by atoms with Crippen molar-refractivity contribution in [2.24, 2.45) is 5.92 Å². The average molecular weight is 159 g/mol. The van der Waals surface area contributed by atoms with Crippen LogP contribution in [0, 0.1) is 5.92 Å². The smallest absolute Gasteiger partial charge is 0.0404 e. The Morgan fingerprint density at radius 2 is 1.90 bits per heavy atom. The Bertz CT molecular complexity index is 101. The van der Waals surface area contributed by atoms with E-state index in [1.54, 1.807) is 0 Å². The Morgan fingerprint density at radius 3 is 2.50 bits per heavy atom. The van der Waals surface area contributed by atoms with Gasteiger partial charge in [0.05, 0.1) is 0 Å². The van der Waals surface area contributed by atoms with Crippen LogP contribution in [0.25, 0.3) is 0 Å². The number of hydrogen-bond donors (Lipinski definition) is 0. The summed E-state index contributed by atoms with van der Waals surface area (Å²) in [6, 6.07) is 0. The lowest BCUT2D eigenvalue weighted by Gasteiger charge is -2.17. The van der Waals surface area contributed by atoms with E-state index in [1.165, 1.54) is 32.1 Å². The molecular weight excluding hydrogens is 144 g/mol. The minimum Gasteiger partial charge on any atom is -0.122 e.